The molecule has 8 heteroatoms. The second-order valence-electron chi connectivity index (χ2n) is 5.77. The third kappa shape index (κ3) is 8.55. The van der Waals surface area contributed by atoms with Crippen molar-refractivity contribution in [1.82, 2.24) is 5.32 Å². The van der Waals surface area contributed by atoms with Gasteiger partial charge in [0.05, 0.1) is 30.9 Å². The van der Waals surface area contributed by atoms with Crippen LogP contribution in [0.5, 0.6) is 11.5 Å². The van der Waals surface area contributed by atoms with Crippen LogP contribution in [-0.4, -0.2) is 38.1 Å². The Morgan fingerprint density at radius 1 is 1.07 bits per heavy atom. The minimum Gasteiger partial charge on any atom is -0.490 e. The van der Waals surface area contributed by atoms with Crippen LogP contribution in [0.4, 0.5) is 0 Å². The predicted octanol–water partition coefficient (Wildman–Crippen LogP) is 4.60. The molecule has 0 aliphatic rings. The summed E-state index contributed by atoms with van der Waals surface area (Å²) >= 11 is 9.51. The van der Waals surface area contributed by atoms with Crippen molar-refractivity contribution in [2.75, 3.05) is 33.0 Å². The first-order valence-corrected chi connectivity index (χ1v) is 10.0. The van der Waals surface area contributed by atoms with Crippen LogP contribution in [0.25, 0.3) is 0 Å². The molecule has 0 atom stereocenters. The van der Waals surface area contributed by atoms with Crippen LogP contribution >= 0.6 is 39.9 Å². The molecule has 0 aromatic heterocycles. The molecule has 0 saturated carbocycles. The lowest BCUT2D eigenvalue weighted by molar-refractivity contribution is 0.0938. The molecule has 2 aromatic carbocycles. The molecule has 0 saturated heterocycles. The first-order valence-electron chi connectivity index (χ1n) is 8.85. The van der Waals surface area contributed by atoms with Crippen LogP contribution in [0.2, 0.25) is 5.02 Å². The molecule has 0 aliphatic heterocycles. The quantitative estimate of drug-likeness (QED) is 0.422. The number of rotatable bonds is 12. The van der Waals surface area contributed by atoms with Gasteiger partial charge in [-0.25, -0.2) is 0 Å². The number of ether oxygens (including phenoxy) is 3. The van der Waals surface area contributed by atoms with E-state index in [9.17, 15) is 0 Å². The van der Waals surface area contributed by atoms with Gasteiger partial charge in [0.15, 0.2) is 11.5 Å². The van der Waals surface area contributed by atoms with Gasteiger partial charge in [0.1, 0.15) is 6.61 Å². The Bertz CT molecular complexity index is 701. The number of benzene rings is 2. The third-order valence-corrected chi connectivity index (χ3v) is 4.49. The van der Waals surface area contributed by atoms with Gasteiger partial charge in [-0.1, -0.05) is 23.7 Å². The highest BCUT2D eigenvalue weighted by molar-refractivity contribution is 9.10. The van der Waals surface area contributed by atoms with Crippen molar-refractivity contribution in [3.8, 4) is 11.5 Å². The van der Waals surface area contributed by atoms with Crippen LogP contribution in [0.15, 0.2) is 40.9 Å². The van der Waals surface area contributed by atoms with Crippen molar-refractivity contribution in [1.29, 1.82) is 0 Å². The van der Waals surface area contributed by atoms with E-state index >= 15 is 0 Å². The molecule has 2 N–H and O–H groups in total. The summed E-state index contributed by atoms with van der Waals surface area (Å²) in [6.07, 6.45) is 0. The molecule has 28 heavy (non-hydrogen) atoms. The Kier molecular flexibility index (Phi) is 12.5. The highest BCUT2D eigenvalue weighted by Crippen LogP contribution is 2.37. The second kappa shape index (κ2) is 14.0. The molecule has 0 bridgehead atoms. The molecule has 0 spiro atoms. The molecule has 2 aromatic rings. The minimum absolute atomic E-state index is 0. The summed E-state index contributed by atoms with van der Waals surface area (Å²) in [7, 11) is 0. The lowest BCUT2D eigenvalue weighted by Gasteiger charge is -2.16. The first-order chi connectivity index (χ1) is 13.1. The zero-order valence-electron chi connectivity index (χ0n) is 15.7. The zero-order chi connectivity index (χ0) is 19.5. The van der Waals surface area contributed by atoms with Gasteiger partial charge in [0, 0.05) is 18.1 Å². The smallest absolute Gasteiger partial charge is 0.175 e. The lowest BCUT2D eigenvalue weighted by Crippen LogP contribution is -2.20. The van der Waals surface area contributed by atoms with E-state index in [0.717, 1.165) is 15.6 Å². The van der Waals surface area contributed by atoms with E-state index in [0.29, 0.717) is 56.0 Å². The van der Waals surface area contributed by atoms with Gasteiger partial charge in [-0.3, -0.25) is 0 Å². The van der Waals surface area contributed by atoms with E-state index in [-0.39, 0.29) is 19.0 Å². The van der Waals surface area contributed by atoms with Crippen molar-refractivity contribution in [2.45, 2.75) is 20.1 Å². The fraction of sp³-hybridized carbons (Fsp3) is 0.400. The summed E-state index contributed by atoms with van der Waals surface area (Å²) in [5.41, 5.74) is 2.11. The highest BCUT2D eigenvalue weighted by atomic mass is 79.9. The standard InChI is InChI=1S/C20H25BrClNO4.ClH/c1-2-26-19-12-16(13-23-7-9-25-10-8-24)11-18(21)20(19)27-14-15-3-5-17(22)6-4-15;/h3-6,11-12,23-24H,2,7-10,13-14H2,1H3;1H. The Morgan fingerprint density at radius 3 is 2.50 bits per heavy atom. The molecule has 0 aliphatic carbocycles. The largest absolute Gasteiger partial charge is 0.490 e. The lowest BCUT2D eigenvalue weighted by atomic mass is 10.2. The second-order valence-corrected chi connectivity index (χ2v) is 7.06. The predicted molar refractivity (Wildman–Crippen MR) is 118 cm³/mol. The minimum atomic E-state index is 0. The van der Waals surface area contributed by atoms with Gasteiger partial charge in [-0.2, -0.15) is 0 Å². The van der Waals surface area contributed by atoms with Crippen molar-refractivity contribution < 1.29 is 19.3 Å². The number of halogens is 3. The Hall–Kier alpha value is -1.02. The maximum Gasteiger partial charge on any atom is 0.175 e. The van der Waals surface area contributed by atoms with E-state index < -0.39 is 0 Å². The topological polar surface area (TPSA) is 60.0 Å². The Morgan fingerprint density at radius 2 is 1.82 bits per heavy atom. The summed E-state index contributed by atoms with van der Waals surface area (Å²) in [6, 6.07) is 11.6. The molecule has 5 nitrogen and oxygen atoms in total. The van der Waals surface area contributed by atoms with Gasteiger partial charge in [0.2, 0.25) is 0 Å². The van der Waals surface area contributed by atoms with Gasteiger partial charge >= 0.3 is 0 Å². The first kappa shape index (κ1) is 25.0. The van der Waals surface area contributed by atoms with Gasteiger partial charge < -0.3 is 24.6 Å². The maximum absolute atomic E-state index is 8.68. The number of aliphatic hydroxyl groups excluding tert-OH is 1. The zero-order valence-corrected chi connectivity index (χ0v) is 18.9. The van der Waals surface area contributed by atoms with Crippen LogP contribution in [0.3, 0.4) is 0 Å². The maximum atomic E-state index is 8.68. The fourth-order valence-electron chi connectivity index (χ4n) is 2.41. The Balaban J connectivity index is 0.00000392. The van der Waals surface area contributed by atoms with Crippen LogP contribution in [0.1, 0.15) is 18.1 Å². The summed E-state index contributed by atoms with van der Waals surface area (Å²) in [5, 5.41) is 12.7. The average molecular weight is 495 g/mol. The van der Waals surface area contributed by atoms with E-state index in [1.54, 1.807) is 0 Å². The molecular weight excluding hydrogens is 469 g/mol. The van der Waals surface area contributed by atoms with E-state index in [1.807, 2.05) is 43.3 Å². The van der Waals surface area contributed by atoms with E-state index in [2.05, 4.69) is 21.2 Å². The van der Waals surface area contributed by atoms with Gasteiger partial charge in [0.25, 0.3) is 0 Å². The van der Waals surface area contributed by atoms with Gasteiger partial charge in [-0.05, 0) is 58.2 Å². The molecule has 156 valence electrons. The SMILES string of the molecule is CCOc1cc(CNCCOCCO)cc(Br)c1OCc1ccc(Cl)cc1.Cl. The molecular formula is C20H26BrCl2NO4. The number of aliphatic hydroxyl groups is 1. The molecule has 0 unspecified atom stereocenters. The Labute approximate surface area is 185 Å². The molecule has 2 rings (SSSR count). The fourth-order valence-corrected chi connectivity index (χ4v) is 3.14. The highest BCUT2D eigenvalue weighted by Gasteiger charge is 2.12. The van der Waals surface area contributed by atoms with Crippen molar-refractivity contribution >= 4 is 39.9 Å². The molecule has 0 amide bonds. The summed E-state index contributed by atoms with van der Waals surface area (Å²) in [6.45, 7) is 5.27. The summed E-state index contributed by atoms with van der Waals surface area (Å²) in [4.78, 5) is 0. The van der Waals surface area contributed by atoms with Crippen molar-refractivity contribution in [3.05, 3.63) is 57.0 Å². The third-order valence-electron chi connectivity index (χ3n) is 3.65. The van der Waals surface area contributed by atoms with Crippen molar-refractivity contribution in [2.24, 2.45) is 0 Å². The number of nitrogens with one attached hydrogen (secondary N) is 1. The molecule has 0 fully saturated rings. The average Bonchev–Trinajstić information content (AvgIpc) is 2.65. The summed E-state index contributed by atoms with van der Waals surface area (Å²) in [5.74, 6) is 1.39. The molecule has 0 heterocycles. The van der Waals surface area contributed by atoms with E-state index in [1.165, 1.54) is 0 Å². The van der Waals surface area contributed by atoms with E-state index in [4.69, 9.17) is 30.9 Å². The monoisotopic (exact) mass is 493 g/mol. The normalized spacial score (nSPS) is 10.4. The van der Waals surface area contributed by atoms with Gasteiger partial charge in [-0.15, -0.1) is 12.4 Å². The summed E-state index contributed by atoms with van der Waals surface area (Å²) < 4.78 is 17.8. The van der Waals surface area contributed by atoms with Crippen LogP contribution < -0.4 is 14.8 Å². The van der Waals surface area contributed by atoms with Crippen LogP contribution in [0, 0.1) is 0 Å². The van der Waals surface area contributed by atoms with Crippen molar-refractivity contribution in [3.63, 3.8) is 0 Å². The number of hydrogen-bond donors (Lipinski definition) is 2. The number of hydrogen-bond acceptors (Lipinski definition) is 5. The molecule has 0 radical (unpaired) electrons. The van der Waals surface area contributed by atoms with Crippen LogP contribution in [-0.2, 0) is 17.9 Å².